The Bertz CT molecular complexity index is 1290. The van der Waals surface area contributed by atoms with E-state index in [4.69, 9.17) is 9.15 Å². The van der Waals surface area contributed by atoms with Gasteiger partial charge in [-0.15, -0.1) is 0 Å². The van der Waals surface area contributed by atoms with Gasteiger partial charge >= 0.3 is 5.63 Å². The highest BCUT2D eigenvalue weighted by Gasteiger charge is 2.41. The van der Waals surface area contributed by atoms with E-state index in [1.165, 1.54) is 0 Å². The molecule has 2 heterocycles. The number of fused-ring (bicyclic) bond motifs is 1. The molecule has 3 aromatic carbocycles. The summed E-state index contributed by atoms with van der Waals surface area (Å²) in [5.41, 5.74) is 2.00. The second-order valence-electron chi connectivity index (χ2n) is 9.23. The third kappa shape index (κ3) is 4.75. The Kier molecular flexibility index (Phi) is 6.71. The molecule has 35 heavy (non-hydrogen) atoms. The van der Waals surface area contributed by atoms with Crippen molar-refractivity contribution in [1.82, 2.24) is 4.90 Å². The van der Waals surface area contributed by atoms with Crippen molar-refractivity contribution in [3.8, 4) is 5.75 Å². The van der Waals surface area contributed by atoms with Crippen molar-refractivity contribution in [2.75, 3.05) is 19.7 Å². The van der Waals surface area contributed by atoms with E-state index in [0.717, 1.165) is 53.8 Å². The summed E-state index contributed by atoms with van der Waals surface area (Å²) in [4.78, 5) is 14.6. The minimum Gasteiger partial charge on any atom is -0.494 e. The van der Waals surface area contributed by atoms with Crippen LogP contribution in [0.1, 0.15) is 36.5 Å². The third-order valence-electron chi connectivity index (χ3n) is 7.11. The highest BCUT2D eigenvalue weighted by molar-refractivity contribution is 5.81. The van der Waals surface area contributed by atoms with E-state index in [9.17, 15) is 9.90 Å². The molecule has 0 unspecified atom stereocenters. The number of rotatable bonds is 7. The van der Waals surface area contributed by atoms with Gasteiger partial charge in [0.25, 0.3) is 0 Å². The lowest BCUT2D eigenvalue weighted by Gasteiger charge is -2.42. The Hall–Kier alpha value is -3.41. The fourth-order valence-electron chi connectivity index (χ4n) is 5.37. The molecular formula is C30H31NO4. The number of piperidine rings is 1. The maximum absolute atomic E-state index is 12.2. The molecule has 0 spiro atoms. The Labute approximate surface area is 205 Å². The zero-order valence-corrected chi connectivity index (χ0v) is 20.0. The quantitative estimate of drug-likeness (QED) is 0.370. The summed E-state index contributed by atoms with van der Waals surface area (Å²) in [5.74, 6) is 0.857. The van der Waals surface area contributed by atoms with E-state index in [1.807, 2.05) is 79.7 Å². The molecule has 5 nitrogen and oxygen atoms in total. The van der Waals surface area contributed by atoms with Crippen LogP contribution < -0.4 is 10.4 Å². The molecule has 4 aromatic rings. The molecular weight excluding hydrogens is 438 g/mol. The predicted octanol–water partition coefficient (Wildman–Crippen LogP) is 5.34. The topological polar surface area (TPSA) is 62.9 Å². The van der Waals surface area contributed by atoms with Crippen LogP contribution in [0.2, 0.25) is 0 Å². The zero-order chi connectivity index (χ0) is 24.3. The summed E-state index contributed by atoms with van der Waals surface area (Å²) in [6.07, 6.45) is 1.70. The fourth-order valence-corrected chi connectivity index (χ4v) is 5.37. The lowest BCUT2D eigenvalue weighted by Crippen LogP contribution is -2.44. The van der Waals surface area contributed by atoms with Crippen LogP contribution in [0.15, 0.2) is 94.1 Å². The lowest BCUT2D eigenvalue weighted by molar-refractivity contribution is -0.0152. The molecule has 1 aliphatic rings. The van der Waals surface area contributed by atoms with Gasteiger partial charge in [-0.3, -0.25) is 4.90 Å². The summed E-state index contributed by atoms with van der Waals surface area (Å²) < 4.78 is 11.1. The minimum atomic E-state index is -1.04. The molecule has 1 aliphatic heterocycles. The first-order valence-electron chi connectivity index (χ1n) is 12.3. The molecule has 1 N–H and O–H groups in total. The van der Waals surface area contributed by atoms with Crippen LogP contribution in [0.25, 0.3) is 11.0 Å². The van der Waals surface area contributed by atoms with E-state index in [0.29, 0.717) is 18.7 Å². The van der Waals surface area contributed by atoms with Crippen LogP contribution in [0, 0.1) is 5.92 Å². The normalized spacial score (nSPS) is 15.4. The van der Waals surface area contributed by atoms with Gasteiger partial charge in [0, 0.05) is 18.0 Å². The van der Waals surface area contributed by atoms with Gasteiger partial charge in [-0.25, -0.2) is 4.79 Å². The molecule has 5 rings (SSSR count). The number of likely N-dealkylation sites (tertiary alicyclic amines) is 1. The molecule has 0 amide bonds. The second kappa shape index (κ2) is 10.1. The molecule has 1 aromatic heterocycles. The van der Waals surface area contributed by atoms with E-state index in [-0.39, 0.29) is 11.5 Å². The zero-order valence-electron chi connectivity index (χ0n) is 20.0. The van der Waals surface area contributed by atoms with Gasteiger partial charge in [0.2, 0.25) is 0 Å². The van der Waals surface area contributed by atoms with E-state index in [2.05, 4.69) is 4.90 Å². The molecule has 0 saturated carbocycles. The van der Waals surface area contributed by atoms with Crippen LogP contribution in [0.4, 0.5) is 0 Å². The molecule has 0 atom stereocenters. The van der Waals surface area contributed by atoms with Crippen LogP contribution in [0.3, 0.4) is 0 Å². The van der Waals surface area contributed by atoms with Crippen LogP contribution in [-0.4, -0.2) is 29.7 Å². The maximum atomic E-state index is 12.2. The fraction of sp³-hybridized carbons (Fsp3) is 0.300. The minimum absolute atomic E-state index is 0.0886. The first-order valence-corrected chi connectivity index (χ1v) is 12.3. The van der Waals surface area contributed by atoms with E-state index in [1.54, 1.807) is 12.1 Å². The van der Waals surface area contributed by atoms with Crippen molar-refractivity contribution in [3.05, 3.63) is 112 Å². The highest BCUT2D eigenvalue weighted by atomic mass is 16.5. The summed E-state index contributed by atoms with van der Waals surface area (Å²) in [5, 5.41) is 13.0. The Balaban J connectivity index is 1.38. The SMILES string of the molecule is CCOc1ccc2oc(=O)cc(CN3CCC(C(O)(c4ccccc4)c4ccccc4)CC3)c2c1. The van der Waals surface area contributed by atoms with Crippen molar-refractivity contribution in [2.45, 2.75) is 31.9 Å². The first-order chi connectivity index (χ1) is 17.1. The van der Waals surface area contributed by atoms with Crippen molar-refractivity contribution >= 4 is 11.0 Å². The summed E-state index contributed by atoms with van der Waals surface area (Å²) in [6.45, 7) is 4.85. The summed E-state index contributed by atoms with van der Waals surface area (Å²) >= 11 is 0. The number of nitrogens with zero attached hydrogens (tertiary/aromatic N) is 1. The van der Waals surface area contributed by atoms with Crippen LogP contribution >= 0.6 is 0 Å². The largest absolute Gasteiger partial charge is 0.494 e. The molecule has 5 heteroatoms. The molecule has 1 fully saturated rings. The lowest BCUT2D eigenvalue weighted by atomic mass is 9.72. The number of aliphatic hydroxyl groups is 1. The summed E-state index contributed by atoms with van der Waals surface area (Å²) in [7, 11) is 0. The van der Waals surface area contributed by atoms with Crippen molar-refractivity contribution < 1.29 is 14.3 Å². The molecule has 180 valence electrons. The van der Waals surface area contributed by atoms with Gasteiger partial charge < -0.3 is 14.3 Å². The average Bonchev–Trinajstić information content (AvgIpc) is 2.90. The van der Waals surface area contributed by atoms with Crippen molar-refractivity contribution in [3.63, 3.8) is 0 Å². The van der Waals surface area contributed by atoms with Gasteiger partial charge in [0.15, 0.2) is 0 Å². The van der Waals surface area contributed by atoms with E-state index < -0.39 is 5.60 Å². The molecule has 0 bridgehead atoms. The Morgan fingerprint density at radius 1 is 0.943 bits per heavy atom. The van der Waals surface area contributed by atoms with Crippen LogP contribution in [-0.2, 0) is 12.1 Å². The predicted molar refractivity (Wildman–Crippen MR) is 138 cm³/mol. The van der Waals surface area contributed by atoms with Gasteiger partial charge in [-0.2, -0.15) is 0 Å². The van der Waals surface area contributed by atoms with Crippen molar-refractivity contribution in [2.24, 2.45) is 5.92 Å². The maximum Gasteiger partial charge on any atom is 0.336 e. The summed E-state index contributed by atoms with van der Waals surface area (Å²) in [6, 6.07) is 27.2. The van der Waals surface area contributed by atoms with Gasteiger partial charge in [0.05, 0.1) is 6.61 Å². The Morgan fingerprint density at radius 2 is 1.57 bits per heavy atom. The highest BCUT2D eigenvalue weighted by Crippen LogP contribution is 2.42. The number of ether oxygens (including phenoxy) is 1. The van der Waals surface area contributed by atoms with Gasteiger partial charge in [-0.1, -0.05) is 60.7 Å². The molecule has 1 saturated heterocycles. The van der Waals surface area contributed by atoms with Crippen LogP contribution in [0.5, 0.6) is 5.75 Å². The first kappa shape index (κ1) is 23.3. The smallest absolute Gasteiger partial charge is 0.336 e. The standard InChI is InChI=1S/C30H31NO4/c1-2-34-26-13-14-28-27(20-26)22(19-29(32)35-28)21-31-17-15-25(16-18-31)30(33,23-9-5-3-6-10-23)24-11-7-4-8-12-24/h3-14,19-20,25,33H,2,15-18,21H2,1H3. The average molecular weight is 470 g/mol. The second-order valence-corrected chi connectivity index (χ2v) is 9.23. The molecule has 0 aliphatic carbocycles. The van der Waals surface area contributed by atoms with E-state index >= 15 is 0 Å². The third-order valence-corrected chi connectivity index (χ3v) is 7.11. The number of hydrogen-bond donors (Lipinski definition) is 1. The number of benzene rings is 3. The molecule has 0 radical (unpaired) electrons. The number of hydrogen-bond acceptors (Lipinski definition) is 5. The Morgan fingerprint density at radius 3 is 2.17 bits per heavy atom. The van der Waals surface area contributed by atoms with Crippen molar-refractivity contribution in [1.29, 1.82) is 0 Å². The van der Waals surface area contributed by atoms with Gasteiger partial charge in [-0.05, 0) is 73.7 Å². The monoisotopic (exact) mass is 469 g/mol. The van der Waals surface area contributed by atoms with Gasteiger partial charge in [0.1, 0.15) is 16.9 Å².